The minimum Gasteiger partial charge on any atom is -0.441 e. The highest BCUT2D eigenvalue weighted by Crippen LogP contribution is 2.23. The SMILES string of the molecule is O=C(CCc1ncc(-c2ccccc2F)o1)N1CCN(c2ccccn2)CC1. The van der Waals surface area contributed by atoms with Crippen molar-refractivity contribution >= 4 is 11.7 Å². The summed E-state index contributed by atoms with van der Waals surface area (Å²) in [5.41, 5.74) is 0.373. The van der Waals surface area contributed by atoms with Crippen molar-refractivity contribution in [3.8, 4) is 11.3 Å². The molecule has 1 aromatic carbocycles. The van der Waals surface area contributed by atoms with Crippen molar-refractivity contribution in [1.82, 2.24) is 14.9 Å². The molecule has 2 aromatic heterocycles. The Kier molecular flexibility index (Phi) is 5.32. The molecule has 0 aliphatic carbocycles. The number of rotatable bonds is 5. The largest absolute Gasteiger partial charge is 0.441 e. The first-order chi connectivity index (χ1) is 13.7. The molecule has 1 aliphatic rings. The zero-order valence-electron chi connectivity index (χ0n) is 15.4. The number of pyridine rings is 1. The van der Waals surface area contributed by atoms with Gasteiger partial charge in [-0.2, -0.15) is 0 Å². The number of oxazole rings is 1. The van der Waals surface area contributed by atoms with Gasteiger partial charge in [-0.05, 0) is 24.3 Å². The Labute approximate surface area is 162 Å². The van der Waals surface area contributed by atoms with Gasteiger partial charge in [0.1, 0.15) is 11.6 Å². The van der Waals surface area contributed by atoms with Crippen LogP contribution in [0.5, 0.6) is 0 Å². The number of hydrogen-bond donors (Lipinski definition) is 0. The molecular formula is C21H21FN4O2. The summed E-state index contributed by atoms with van der Waals surface area (Å²) in [5.74, 6) is 1.48. The summed E-state index contributed by atoms with van der Waals surface area (Å²) in [6.07, 6.45) is 4.00. The van der Waals surface area contributed by atoms with Crippen LogP contribution in [0, 0.1) is 5.82 Å². The van der Waals surface area contributed by atoms with Crippen LogP contribution >= 0.6 is 0 Å². The maximum Gasteiger partial charge on any atom is 0.223 e. The molecule has 0 saturated carbocycles. The molecule has 1 aliphatic heterocycles. The molecule has 144 valence electrons. The van der Waals surface area contributed by atoms with Gasteiger partial charge in [0, 0.05) is 45.2 Å². The minimum absolute atomic E-state index is 0.0753. The highest BCUT2D eigenvalue weighted by molar-refractivity contribution is 5.76. The van der Waals surface area contributed by atoms with E-state index in [2.05, 4.69) is 14.9 Å². The molecular weight excluding hydrogens is 359 g/mol. The normalized spacial score (nSPS) is 14.3. The lowest BCUT2D eigenvalue weighted by Gasteiger charge is -2.35. The molecule has 4 rings (SSSR count). The monoisotopic (exact) mass is 380 g/mol. The van der Waals surface area contributed by atoms with Crippen LogP contribution in [0.1, 0.15) is 12.3 Å². The summed E-state index contributed by atoms with van der Waals surface area (Å²) in [4.78, 5) is 25.1. The minimum atomic E-state index is -0.355. The topological polar surface area (TPSA) is 62.5 Å². The van der Waals surface area contributed by atoms with Gasteiger partial charge in [-0.15, -0.1) is 0 Å². The maximum absolute atomic E-state index is 13.8. The van der Waals surface area contributed by atoms with E-state index in [1.54, 1.807) is 24.4 Å². The molecule has 28 heavy (non-hydrogen) atoms. The van der Waals surface area contributed by atoms with E-state index < -0.39 is 0 Å². The number of aromatic nitrogens is 2. The summed E-state index contributed by atoms with van der Waals surface area (Å²) < 4.78 is 19.5. The summed E-state index contributed by atoms with van der Waals surface area (Å²) in [6.45, 7) is 2.86. The Morgan fingerprint density at radius 1 is 1.04 bits per heavy atom. The van der Waals surface area contributed by atoms with Crippen molar-refractivity contribution in [3.63, 3.8) is 0 Å². The Balaban J connectivity index is 1.29. The van der Waals surface area contributed by atoms with Crippen molar-refractivity contribution in [2.24, 2.45) is 0 Å². The highest BCUT2D eigenvalue weighted by Gasteiger charge is 2.22. The molecule has 0 N–H and O–H groups in total. The molecule has 1 fully saturated rings. The van der Waals surface area contributed by atoms with Gasteiger partial charge in [0.05, 0.1) is 11.8 Å². The third kappa shape index (κ3) is 4.03. The molecule has 0 bridgehead atoms. The zero-order chi connectivity index (χ0) is 19.3. The lowest BCUT2D eigenvalue weighted by atomic mass is 10.2. The second-order valence-corrected chi connectivity index (χ2v) is 6.65. The van der Waals surface area contributed by atoms with Crippen molar-refractivity contribution < 1.29 is 13.6 Å². The van der Waals surface area contributed by atoms with Crippen molar-refractivity contribution in [1.29, 1.82) is 0 Å². The van der Waals surface area contributed by atoms with E-state index in [0.29, 0.717) is 43.1 Å². The van der Waals surface area contributed by atoms with E-state index in [4.69, 9.17) is 4.42 Å². The average Bonchev–Trinajstić information content (AvgIpc) is 3.22. The molecule has 0 atom stereocenters. The Morgan fingerprint density at radius 2 is 1.82 bits per heavy atom. The lowest BCUT2D eigenvalue weighted by molar-refractivity contribution is -0.131. The molecule has 0 unspecified atom stereocenters. The zero-order valence-corrected chi connectivity index (χ0v) is 15.4. The van der Waals surface area contributed by atoms with Crippen LogP contribution in [-0.2, 0) is 11.2 Å². The Morgan fingerprint density at radius 3 is 2.57 bits per heavy atom. The third-order valence-electron chi connectivity index (χ3n) is 4.85. The quantitative estimate of drug-likeness (QED) is 0.680. The fraction of sp³-hybridized carbons (Fsp3) is 0.286. The number of amides is 1. The molecule has 3 heterocycles. The number of piperazine rings is 1. The summed E-state index contributed by atoms with van der Waals surface area (Å²) in [6, 6.07) is 12.2. The Bertz CT molecular complexity index is 936. The van der Waals surface area contributed by atoms with E-state index in [1.165, 1.54) is 12.3 Å². The van der Waals surface area contributed by atoms with Crippen LogP contribution in [0.15, 0.2) is 59.3 Å². The van der Waals surface area contributed by atoms with E-state index in [-0.39, 0.29) is 11.7 Å². The summed E-state index contributed by atoms with van der Waals surface area (Å²) >= 11 is 0. The molecule has 7 heteroatoms. The average molecular weight is 380 g/mol. The first-order valence-electron chi connectivity index (χ1n) is 9.34. The second-order valence-electron chi connectivity index (χ2n) is 6.65. The molecule has 3 aromatic rings. The van der Waals surface area contributed by atoms with Gasteiger partial charge in [-0.25, -0.2) is 14.4 Å². The second kappa shape index (κ2) is 8.21. The number of benzene rings is 1. The van der Waals surface area contributed by atoms with E-state index in [0.717, 1.165) is 18.9 Å². The Hall–Kier alpha value is -3.22. The van der Waals surface area contributed by atoms with Gasteiger partial charge in [0.25, 0.3) is 0 Å². The third-order valence-corrected chi connectivity index (χ3v) is 4.85. The van der Waals surface area contributed by atoms with Crippen LogP contribution in [-0.4, -0.2) is 47.0 Å². The fourth-order valence-electron chi connectivity index (χ4n) is 3.31. The van der Waals surface area contributed by atoms with E-state index >= 15 is 0 Å². The van der Waals surface area contributed by atoms with Gasteiger partial charge < -0.3 is 14.2 Å². The summed E-state index contributed by atoms with van der Waals surface area (Å²) in [7, 11) is 0. The number of carbonyl (C=O) groups excluding carboxylic acids is 1. The number of carbonyl (C=O) groups is 1. The fourth-order valence-corrected chi connectivity index (χ4v) is 3.31. The number of aryl methyl sites for hydroxylation is 1. The molecule has 0 radical (unpaired) electrons. The molecule has 6 nitrogen and oxygen atoms in total. The lowest BCUT2D eigenvalue weighted by Crippen LogP contribution is -2.49. The first kappa shape index (κ1) is 18.2. The molecule has 0 spiro atoms. The molecule has 1 saturated heterocycles. The van der Waals surface area contributed by atoms with Crippen LogP contribution < -0.4 is 4.90 Å². The number of hydrogen-bond acceptors (Lipinski definition) is 5. The highest BCUT2D eigenvalue weighted by atomic mass is 19.1. The van der Waals surface area contributed by atoms with Crippen LogP contribution in [0.25, 0.3) is 11.3 Å². The predicted molar refractivity (Wildman–Crippen MR) is 103 cm³/mol. The number of halogens is 1. The van der Waals surface area contributed by atoms with Crippen LogP contribution in [0.4, 0.5) is 10.2 Å². The number of nitrogens with zero attached hydrogens (tertiary/aromatic N) is 4. The first-order valence-corrected chi connectivity index (χ1v) is 9.34. The smallest absolute Gasteiger partial charge is 0.223 e. The van der Waals surface area contributed by atoms with Crippen molar-refractivity contribution in [3.05, 3.63) is 66.6 Å². The standard InChI is InChI=1S/C21H21FN4O2/c22-17-6-2-1-5-16(17)18-15-24-20(28-18)8-9-21(27)26-13-11-25(12-14-26)19-7-3-4-10-23-19/h1-7,10,15H,8-9,11-14H2. The predicted octanol–water partition coefficient (Wildman–Crippen LogP) is 3.16. The van der Waals surface area contributed by atoms with Gasteiger partial charge in [0.2, 0.25) is 5.91 Å². The molecule has 1 amide bonds. The van der Waals surface area contributed by atoms with Crippen LogP contribution in [0.2, 0.25) is 0 Å². The maximum atomic E-state index is 13.8. The van der Waals surface area contributed by atoms with Gasteiger partial charge in [0.15, 0.2) is 11.7 Å². The number of anilines is 1. The van der Waals surface area contributed by atoms with Crippen LogP contribution in [0.3, 0.4) is 0 Å². The van der Waals surface area contributed by atoms with Gasteiger partial charge >= 0.3 is 0 Å². The van der Waals surface area contributed by atoms with E-state index in [9.17, 15) is 9.18 Å². The van der Waals surface area contributed by atoms with Gasteiger partial charge in [-0.1, -0.05) is 18.2 Å². The summed E-state index contributed by atoms with van der Waals surface area (Å²) in [5, 5.41) is 0. The van der Waals surface area contributed by atoms with Gasteiger partial charge in [-0.3, -0.25) is 4.79 Å². The van der Waals surface area contributed by atoms with Crippen molar-refractivity contribution in [2.75, 3.05) is 31.1 Å². The van der Waals surface area contributed by atoms with Crippen molar-refractivity contribution in [2.45, 2.75) is 12.8 Å². The van der Waals surface area contributed by atoms with E-state index in [1.807, 2.05) is 23.1 Å².